The van der Waals surface area contributed by atoms with Crippen LogP contribution in [-0.4, -0.2) is 30.9 Å². The number of hydrogen-bond donors (Lipinski definition) is 1. The van der Waals surface area contributed by atoms with E-state index in [1.807, 2.05) is 0 Å². The fourth-order valence-corrected chi connectivity index (χ4v) is 1.43. The van der Waals surface area contributed by atoms with Gasteiger partial charge in [-0.05, 0) is 6.07 Å². The first-order valence-corrected chi connectivity index (χ1v) is 4.49. The van der Waals surface area contributed by atoms with Crippen LogP contribution in [0.5, 0.6) is 0 Å². The fourth-order valence-electron chi connectivity index (χ4n) is 1.43. The zero-order chi connectivity index (χ0) is 11.7. The number of aromatic amines is 1. The number of fused-ring (bicyclic) bond motifs is 1. The molecule has 16 heavy (non-hydrogen) atoms. The van der Waals surface area contributed by atoms with Gasteiger partial charge in [0, 0.05) is 0 Å². The number of carbonyl (C=O) groups is 1. The number of ether oxygens (including phenoxy) is 1. The van der Waals surface area contributed by atoms with E-state index in [1.54, 1.807) is 0 Å². The van der Waals surface area contributed by atoms with E-state index in [0.717, 1.165) is 6.20 Å². The van der Waals surface area contributed by atoms with Gasteiger partial charge in [0.1, 0.15) is 13.4 Å². The van der Waals surface area contributed by atoms with Gasteiger partial charge in [-0.3, -0.25) is 4.79 Å². The van der Waals surface area contributed by atoms with Crippen molar-refractivity contribution in [3.63, 3.8) is 0 Å². The van der Waals surface area contributed by atoms with Crippen LogP contribution in [0.4, 0.5) is 0 Å². The molecule has 78 valence electrons. The monoisotopic (exact) mass is 214 g/mol. The third-order valence-corrected chi connectivity index (χ3v) is 2.17. The summed E-state index contributed by atoms with van der Waals surface area (Å²) in [6, 6.07) is 3.03. The number of aromatic nitrogens is 2. The summed E-state index contributed by atoms with van der Waals surface area (Å²) < 4.78 is 4.60. The van der Waals surface area contributed by atoms with Gasteiger partial charge in [0.15, 0.2) is 0 Å². The van der Waals surface area contributed by atoms with Gasteiger partial charge in [-0.15, -0.1) is 0 Å². The highest BCUT2D eigenvalue weighted by Crippen LogP contribution is 2.11. The lowest BCUT2D eigenvalue weighted by molar-refractivity contribution is 0.0603. The van der Waals surface area contributed by atoms with Crippen molar-refractivity contribution in [1.82, 2.24) is 9.97 Å². The number of rotatable bonds is 1. The average Bonchev–Trinajstić information content (AvgIpc) is 2.29. The summed E-state index contributed by atoms with van der Waals surface area (Å²) in [5, 5.41) is 0. The van der Waals surface area contributed by atoms with Crippen molar-refractivity contribution in [2.24, 2.45) is 0 Å². The Kier molecular flexibility index (Phi) is 2.48. The molecule has 2 aromatic rings. The molecule has 0 atom stereocenters. The molecule has 0 amide bonds. The molecule has 0 aliphatic rings. The highest BCUT2D eigenvalue weighted by atomic mass is 16.5. The maximum Gasteiger partial charge on any atom is 0.340 e. The number of nitrogens with one attached hydrogen (secondary N) is 1. The van der Waals surface area contributed by atoms with E-state index in [4.69, 9.17) is 7.85 Å². The molecule has 1 heterocycles. The predicted octanol–water partition coefficient (Wildman–Crippen LogP) is -0.497. The Balaban J connectivity index is 2.84. The van der Waals surface area contributed by atoms with Crippen LogP contribution in [0.3, 0.4) is 0 Å². The van der Waals surface area contributed by atoms with Gasteiger partial charge >= 0.3 is 5.97 Å². The van der Waals surface area contributed by atoms with Crippen molar-refractivity contribution in [2.75, 3.05) is 7.11 Å². The van der Waals surface area contributed by atoms with Crippen molar-refractivity contribution in [1.29, 1.82) is 0 Å². The summed E-state index contributed by atoms with van der Waals surface area (Å²) in [7, 11) is 6.95. The van der Waals surface area contributed by atoms with Crippen LogP contribution in [0.1, 0.15) is 10.4 Å². The molecule has 2 rings (SSSR count). The number of nitrogens with zero attached hydrogens (tertiary/aromatic N) is 1. The van der Waals surface area contributed by atoms with E-state index in [-0.39, 0.29) is 11.1 Å². The van der Waals surface area contributed by atoms with Crippen molar-refractivity contribution >= 4 is 30.3 Å². The topological polar surface area (TPSA) is 72.0 Å². The normalized spacial score (nSPS) is 10.3. The molecule has 0 aliphatic heterocycles. The highest BCUT2D eigenvalue weighted by Gasteiger charge is 2.12. The third-order valence-electron chi connectivity index (χ3n) is 2.17. The summed E-state index contributed by atoms with van der Waals surface area (Å²) in [4.78, 5) is 28.9. The van der Waals surface area contributed by atoms with Crippen LogP contribution in [-0.2, 0) is 4.74 Å². The standard InChI is InChI=1S/C10H7BN2O3/c1-16-10(15)5-2-3-6(11)9-8(5)12-4-7(14)13-9/h2-4H,1H3,(H,13,14). The van der Waals surface area contributed by atoms with Crippen LogP contribution >= 0.6 is 0 Å². The zero-order valence-electron chi connectivity index (χ0n) is 8.48. The molecule has 5 nitrogen and oxygen atoms in total. The van der Waals surface area contributed by atoms with E-state index in [1.165, 1.54) is 19.2 Å². The SMILES string of the molecule is [B]c1ccc(C(=O)OC)c2ncc(=O)[nH]c12. The molecule has 1 aromatic carbocycles. The van der Waals surface area contributed by atoms with E-state index in [2.05, 4.69) is 14.7 Å². The van der Waals surface area contributed by atoms with Gasteiger partial charge in [-0.2, -0.15) is 0 Å². The first kappa shape index (κ1) is 10.4. The molecule has 2 radical (unpaired) electrons. The lowest BCUT2D eigenvalue weighted by atomic mass is 9.93. The van der Waals surface area contributed by atoms with Crippen molar-refractivity contribution < 1.29 is 9.53 Å². The number of benzene rings is 1. The van der Waals surface area contributed by atoms with Gasteiger partial charge in [0.25, 0.3) is 5.56 Å². The van der Waals surface area contributed by atoms with Crippen LogP contribution in [0.15, 0.2) is 23.1 Å². The molecule has 0 spiro atoms. The molecule has 6 heteroatoms. The van der Waals surface area contributed by atoms with E-state index in [9.17, 15) is 9.59 Å². The Bertz CT molecular complexity index is 621. The number of H-pyrrole nitrogens is 1. The number of hydrogen-bond acceptors (Lipinski definition) is 4. The summed E-state index contributed by atoms with van der Waals surface area (Å²) in [6.07, 6.45) is 1.09. The van der Waals surface area contributed by atoms with E-state index < -0.39 is 5.97 Å². The molecule has 0 unspecified atom stereocenters. The molecule has 0 saturated carbocycles. The number of methoxy groups -OCH3 is 1. The van der Waals surface area contributed by atoms with Crippen molar-refractivity contribution in [3.05, 3.63) is 34.2 Å². The summed E-state index contributed by atoms with van der Waals surface area (Å²) in [6.45, 7) is 0. The maximum absolute atomic E-state index is 11.4. The lowest BCUT2D eigenvalue weighted by Crippen LogP contribution is -2.16. The molecular formula is C10H7BN2O3. The third kappa shape index (κ3) is 1.58. The number of carbonyl (C=O) groups excluding carboxylic acids is 1. The summed E-state index contributed by atoms with van der Waals surface area (Å²) in [5.41, 5.74) is 0.916. The zero-order valence-corrected chi connectivity index (χ0v) is 8.48. The Hall–Kier alpha value is -2.11. The first-order valence-electron chi connectivity index (χ1n) is 4.49. The van der Waals surface area contributed by atoms with E-state index in [0.29, 0.717) is 16.5 Å². The molecule has 0 fully saturated rings. The minimum absolute atomic E-state index is 0.267. The molecule has 1 aromatic heterocycles. The molecule has 1 N–H and O–H groups in total. The van der Waals surface area contributed by atoms with Gasteiger partial charge in [0.2, 0.25) is 0 Å². The van der Waals surface area contributed by atoms with Crippen molar-refractivity contribution in [3.8, 4) is 0 Å². The smallest absolute Gasteiger partial charge is 0.340 e. The predicted molar refractivity (Wildman–Crippen MR) is 59.1 cm³/mol. The molecule has 0 bridgehead atoms. The van der Waals surface area contributed by atoms with Crippen LogP contribution in [0.25, 0.3) is 11.0 Å². The Morgan fingerprint density at radius 1 is 1.50 bits per heavy atom. The number of esters is 1. The highest BCUT2D eigenvalue weighted by molar-refractivity contribution is 6.38. The van der Waals surface area contributed by atoms with Crippen LogP contribution in [0.2, 0.25) is 0 Å². The summed E-state index contributed by atoms with van der Waals surface area (Å²) in [5.74, 6) is -0.524. The average molecular weight is 214 g/mol. The summed E-state index contributed by atoms with van der Waals surface area (Å²) >= 11 is 0. The molecule has 0 aliphatic carbocycles. The van der Waals surface area contributed by atoms with Crippen LogP contribution in [0, 0.1) is 0 Å². The fraction of sp³-hybridized carbons (Fsp3) is 0.100. The lowest BCUT2D eigenvalue weighted by Gasteiger charge is -2.05. The second kappa shape index (κ2) is 3.81. The van der Waals surface area contributed by atoms with Crippen molar-refractivity contribution in [2.45, 2.75) is 0 Å². The Morgan fingerprint density at radius 2 is 2.25 bits per heavy atom. The van der Waals surface area contributed by atoms with E-state index >= 15 is 0 Å². The largest absolute Gasteiger partial charge is 0.465 e. The molecular weight excluding hydrogens is 207 g/mol. The first-order chi connectivity index (χ1) is 7.63. The second-order valence-electron chi connectivity index (χ2n) is 3.16. The van der Waals surface area contributed by atoms with Gasteiger partial charge in [-0.25, -0.2) is 9.78 Å². The Labute approximate surface area is 91.9 Å². The van der Waals surface area contributed by atoms with Gasteiger partial charge in [-0.1, -0.05) is 11.5 Å². The maximum atomic E-state index is 11.4. The Morgan fingerprint density at radius 3 is 2.94 bits per heavy atom. The van der Waals surface area contributed by atoms with Gasteiger partial charge in [0.05, 0.1) is 24.4 Å². The minimum atomic E-state index is -0.524. The minimum Gasteiger partial charge on any atom is -0.465 e. The second-order valence-corrected chi connectivity index (χ2v) is 3.16. The molecule has 0 saturated heterocycles. The quantitative estimate of drug-likeness (QED) is 0.513. The van der Waals surface area contributed by atoms with Crippen LogP contribution < -0.4 is 11.0 Å². The van der Waals surface area contributed by atoms with Gasteiger partial charge < -0.3 is 9.72 Å².